The molecule has 0 unspecified atom stereocenters. The lowest BCUT2D eigenvalue weighted by atomic mass is 10.1. The van der Waals surface area contributed by atoms with Crippen molar-refractivity contribution in [1.82, 2.24) is 4.90 Å². The minimum absolute atomic E-state index is 0.0314. The molecule has 2 aromatic rings. The van der Waals surface area contributed by atoms with Gasteiger partial charge in [0.2, 0.25) is 0 Å². The van der Waals surface area contributed by atoms with Crippen LogP contribution in [0.25, 0.3) is 10.8 Å². The number of fused-ring (bicyclic) bond motifs is 3. The lowest BCUT2D eigenvalue weighted by molar-refractivity contribution is -0.122. The van der Waals surface area contributed by atoms with Crippen LogP contribution in [0.3, 0.4) is 0 Å². The molecule has 138 valence electrons. The van der Waals surface area contributed by atoms with Crippen LogP contribution in [-0.2, 0) is 4.79 Å². The third-order valence-corrected chi connectivity index (χ3v) is 7.29. The van der Waals surface area contributed by atoms with Crippen molar-refractivity contribution in [2.45, 2.75) is 24.7 Å². The fourth-order valence-corrected chi connectivity index (χ4v) is 5.59. The SMILES string of the molecule is CCCCN1C(=O)/C(=C/C=C2/Sc3ccc4ccccc4c3N2C)SC1=S. The number of thioether (sulfide) groups is 2. The van der Waals surface area contributed by atoms with Gasteiger partial charge in [0, 0.05) is 23.9 Å². The molecule has 0 radical (unpaired) electrons. The number of allylic oxidation sites excluding steroid dienone is 2. The summed E-state index contributed by atoms with van der Waals surface area (Å²) in [6.07, 6.45) is 5.97. The molecule has 2 aliphatic rings. The topological polar surface area (TPSA) is 23.6 Å². The number of benzene rings is 2. The summed E-state index contributed by atoms with van der Waals surface area (Å²) < 4.78 is 0.666. The monoisotopic (exact) mass is 412 g/mol. The highest BCUT2D eigenvalue weighted by atomic mass is 32.2. The number of carbonyl (C=O) groups is 1. The number of rotatable bonds is 4. The zero-order valence-electron chi connectivity index (χ0n) is 15.3. The van der Waals surface area contributed by atoms with Crippen molar-refractivity contribution in [1.29, 1.82) is 0 Å². The van der Waals surface area contributed by atoms with Gasteiger partial charge in [-0.2, -0.15) is 0 Å². The molecule has 0 N–H and O–H groups in total. The molecule has 1 amide bonds. The molecule has 2 aromatic carbocycles. The lowest BCUT2D eigenvalue weighted by Crippen LogP contribution is -2.28. The molecule has 0 saturated carbocycles. The van der Waals surface area contributed by atoms with E-state index in [1.165, 1.54) is 33.1 Å². The van der Waals surface area contributed by atoms with Crippen LogP contribution in [0.5, 0.6) is 0 Å². The van der Waals surface area contributed by atoms with Crippen LogP contribution in [-0.4, -0.2) is 28.7 Å². The minimum atomic E-state index is 0.0314. The second-order valence-corrected chi connectivity index (χ2v) is 9.25. The molecule has 1 saturated heterocycles. The first kappa shape index (κ1) is 18.6. The summed E-state index contributed by atoms with van der Waals surface area (Å²) in [5, 5.41) is 3.60. The van der Waals surface area contributed by atoms with Crippen LogP contribution in [0.2, 0.25) is 0 Å². The van der Waals surface area contributed by atoms with Gasteiger partial charge in [-0.3, -0.25) is 9.69 Å². The fraction of sp³-hybridized carbons (Fsp3) is 0.238. The van der Waals surface area contributed by atoms with Gasteiger partial charge >= 0.3 is 0 Å². The smallest absolute Gasteiger partial charge is 0.266 e. The molecular weight excluding hydrogens is 392 g/mol. The third-order valence-electron chi connectivity index (χ3n) is 4.73. The first-order valence-electron chi connectivity index (χ1n) is 8.99. The van der Waals surface area contributed by atoms with E-state index >= 15 is 0 Å². The second-order valence-electron chi connectivity index (χ2n) is 6.51. The van der Waals surface area contributed by atoms with Gasteiger partial charge in [-0.25, -0.2) is 0 Å². The Morgan fingerprint density at radius 2 is 1.93 bits per heavy atom. The molecule has 0 aliphatic carbocycles. The summed E-state index contributed by atoms with van der Waals surface area (Å²) in [4.78, 5) is 18.5. The molecule has 0 bridgehead atoms. The maximum Gasteiger partial charge on any atom is 0.266 e. The molecule has 0 spiro atoms. The fourth-order valence-electron chi connectivity index (χ4n) is 3.27. The van der Waals surface area contributed by atoms with Crippen molar-refractivity contribution >= 4 is 62.4 Å². The van der Waals surface area contributed by atoms with Crippen molar-refractivity contribution in [3.8, 4) is 0 Å². The molecule has 6 heteroatoms. The second kappa shape index (κ2) is 7.70. The average Bonchev–Trinajstić information content (AvgIpc) is 3.14. The van der Waals surface area contributed by atoms with E-state index in [4.69, 9.17) is 12.2 Å². The number of thiocarbonyl (C=S) groups is 1. The third kappa shape index (κ3) is 3.42. The van der Waals surface area contributed by atoms with E-state index in [1.54, 1.807) is 16.7 Å². The molecular formula is C21H20N2OS3. The first-order chi connectivity index (χ1) is 13.1. The number of amides is 1. The Kier molecular flexibility index (Phi) is 5.30. The van der Waals surface area contributed by atoms with Crippen molar-refractivity contribution in [2.24, 2.45) is 0 Å². The van der Waals surface area contributed by atoms with Crippen LogP contribution in [0.1, 0.15) is 19.8 Å². The Balaban J connectivity index is 1.60. The summed E-state index contributed by atoms with van der Waals surface area (Å²) in [6.45, 7) is 2.83. The normalized spacial score (nSPS) is 19.8. The van der Waals surface area contributed by atoms with E-state index in [1.807, 2.05) is 12.2 Å². The van der Waals surface area contributed by atoms with E-state index in [0.717, 1.165) is 17.9 Å². The number of hydrogen-bond acceptors (Lipinski definition) is 5. The molecule has 27 heavy (non-hydrogen) atoms. The summed E-state index contributed by atoms with van der Waals surface area (Å²) >= 11 is 8.52. The highest BCUT2D eigenvalue weighted by Crippen LogP contribution is 2.48. The van der Waals surface area contributed by atoms with Gasteiger partial charge < -0.3 is 4.90 Å². The Morgan fingerprint density at radius 1 is 1.11 bits per heavy atom. The standard InChI is InChI=1S/C21H20N2OS3/c1-3-4-13-23-20(24)17(27-21(23)25)11-12-18-22(2)19-15-8-6-5-7-14(15)9-10-16(19)26-18/h5-12H,3-4,13H2,1-2H3/b17-11-,18-12+. The van der Waals surface area contributed by atoms with Crippen molar-refractivity contribution in [3.05, 3.63) is 58.5 Å². The molecule has 0 atom stereocenters. The molecule has 4 rings (SSSR count). The predicted molar refractivity (Wildman–Crippen MR) is 121 cm³/mol. The Hall–Kier alpha value is -1.76. The van der Waals surface area contributed by atoms with E-state index in [-0.39, 0.29) is 5.91 Å². The van der Waals surface area contributed by atoms with E-state index in [9.17, 15) is 4.79 Å². The number of nitrogens with zero attached hydrogens (tertiary/aromatic N) is 2. The van der Waals surface area contributed by atoms with Gasteiger partial charge in [0.1, 0.15) is 4.32 Å². The zero-order chi connectivity index (χ0) is 19.0. The highest BCUT2D eigenvalue weighted by molar-refractivity contribution is 8.26. The van der Waals surface area contributed by atoms with Crippen LogP contribution < -0.4 is 4.90 Å². The van der Waals surface area contributed by atoms with Gasteiger partial charge in [-0.05, 0) is 30.0 Å². The van der Waals surface area contributed by atoms with Crippen LogP contribution >= 0.6 is 35.7 Å². The zero-order valence-corrected chi connectivity index (χ0v) is 17.7. The summed E-state index contributed by atoms with van der Waals surface area (Å²) in [7, 11) is 2.08. The Bertz CT molecular complexity index is 996. The van der Waals surface area contributed by atoms with Crippen LogP contribution in [0.4, 0.5) is 5.69 Å². The van der Waals surface area contributed by atoms with Gasteiger partial charge in [-0.15, -0.1) is 0 Å². The number of carbonyl (C=O) groups excluding carboxylic acids is 1. The Morgan fingerprint density at radius 3 is 2.74 bits per heavy atom. The molecule has 1 fully saturated rings. The maximum absolute atomic E-state index is 12.6. The maximum atomic E-state index is 12.6. The largest absolute Gasteiger partial charge is 0.338 e. The highest BCUT2D eigenvalue weighted by Gasteiger charge is 2.31. The predicted octanol–water partition coefficient (Wildman–Crippen LogP) is 5.77. The number of anilines is 1. The molecule has 2 heterocycles. The lowest BCUT2D eigenvalue weighted by Gasteiger charge is -2.15. The van der Waals surface area contributed by atoms with E-state index < -0.39 is 0 Å². The first-order valence-corrected chi connectivity index (χ1v) is 11.0. The average molecular weight is 413 g/mol. The Labute approximate surface area is 173 Å². The van der Waals surface area contributed by atoms with Gasteiger partial charge in [0.05, 0.1) is 15.6 Å². The van der Waals surface area contributed by atoms with Crippen molar-refractivity contribution in [3.63, 3.8) is 0 Å². The quantitative estimate of drug-likeness (QED) is 0.469. The molecule has 2 aliphatic heterocycles. The molecule has 3 nitrogen and oxygen atoms in total. The van der Waals surface area contributed by atoms with E-state index in [2.05, 4.69) is 55.3 Å². The van der Waals surface area contributed by atoms with Crippen LogP contribution in [0, 0.1) is 0 Å². The van der Waals surface area contributed by atoms with Gasteiger partial charge in [-0.1, -0.05) is 79.4 Å². The minimum Gasteiger partial charge on any atom is -0.338 e. The van der Waals surface area contributed by atoms with Gasteiger partial charge in [0.25, 0.3) is 5.91 Å². The molecule has 0 aromatic heterocycles. The summed E-state index contributed by atoms with van der Waals surface area (Å²) in [5.74, 6) is 0.0314. The number of hydrogen-bond donors (Lipinski definition) is 0. The van der Waals surface area contributed by atoms with Crippen LogP contribution in [0.15, 0.2) is 63.4 Å². The summed E-state index contributed by atoms with van der Waals surface area (Å²) in [5.41, 5.74) is 1.23. The van der Waals surface area contributed by atoms with Gasteiger partial charge in [0.15, 0.2) is 0 Å². The van der Waals surface area contributed by atoms with Crippen molar-refractivity contribution < 1.29 is 4.79 Å². The number of unbranched alkanes of at least 4 members (excludes halogenated alkanes) is 1. The van der Waals surface area contributed by atoms with Crippen molar-refractivity contribution in [2.75, 3.05) is 18.5 Å². The summed E-state index contributed by atoms with van der Waals surface area (Å²) in [6, 6.07) is 12.8. The van der Waals surface area contributed by atoms with E-state index in [0.29, 0.717) is 15.8 Å².